The molecule has 0 heterocycles. The Hall–Kier alpha value is -2.18. The molecule has 1 saturated carbocycles. The highest BCUT2D eigenvalue weighted by Crippen LogP contribution is 2.48. The van der Waals surface area contributed by atoms with Crippen LogP contribution in [0, 0.1) is 0 Å². The third-order valence-corrected chi connectivity index (χ3v) is 4.87. The van der Waals surface area contributed by atoms with Gasteiger partial charge in [-0.3, -0.25) is 4.79 Å². The number of rotatable bonds is 8. The number of esters is 1. The maximum Gasteiger partial charge on any atom is 0.534 e. The van der Waals surface area contributed by atoms with Crippen LogP contribution in [0.1, 0.15) is 36.3 Å². The van der Waals surface area contributed by atoms with Crippen molar-refractivity contribution < 1.29 is 53.2 Å². The molecule has 164 valence electrons. The fraction of sp³-hybridized carbons (Fsp3) is 0.562. The molecule has 2 rings (SSSR count). The maximum atomic E-state index is 12.6. The van der Waals surface area contributed by atoms with E-state index in [0.29, 0.717) is 18.9 Å². The smallest absolute Gasteiger partial charge is 0.484 e. The van der Waals surface area contributed by atoms with Gasteiger partial charge in [0, 0.05) is 18.1 Å². The van der Waals surface area contributed by atoms with E-state index in [4.69, 9.17) is 4.74 Å². The second kappa shape index (κ2) is 8.28. The average Bonchev–Trinajstić information content (AvgIpc) is 3.40. The second-order valence-corrected chi connectivity index (χ2v) is 7.77. The number of hydrogen-bond donors (Lipinski definition) is 0. The van der Waals surface area contributed by atoms with Crippen molar-refractivity contribution >= 4 is 16.1 Å². The summed E-state index contributed by atoms with van der Waals surface area (Å²) in [6, 6.07) is 1.62. The van der Waals surface area contributed by atoms with Gasteiger partial charge >= 0.3 is 27.8 Å². The number of ether oxygens (including phenoxy) is 2. The van der Waals surface area contributed by atoms with Gasteiger partial charge in [0.05, 0.1) is 7.11 Å². The molecule has 1 aromatic rings. The molecule has 29 heavy (non-hydrogen) atoms. The molecule has 0 aromatic heterocycles. The minimum atomic E-state index is -6.05. The number of methoxy groups -OCH3 is 1. The summed E-state index contributed by atoms with van der Waals surface area (Å²) in [7, 11) is -4.94. The van der Waals surface area contributed by atoms with Crippen molar-refractivity contribution in [2.45, 2.75) is 43.3 Å². The number of carbonyl (C=O) groups is 1. The van der Waals surface area contributed by atoms with Crippen LogP contribution in [-0.2, 0) is 26.1 Å². The molecule has 0 bridgehead atoms. The predicted octanol–water partition coefficient (Wildman–Crippen LogP) is 3.84. The van der Waals surface area contributed by atoms with Crippen LogP contribution in [0.3, 0.4) is 0 Å². The Morgan fingerprint density at radius 3 is 2.24 bits per heavy atom. The Balaban J connectivity index is 2.46. The molecule has 1 fully saturated rings. The van der Waals surface area contributed by atoms with Crippen molar-refractivity contribution in [2.24, 2.45) is 0 Å². The highest BCUT2D eigenvalue weighted by Gasteiger charge is 2.48. The molecular weight excluding hydrogens is 434 g/mol. The SMILES string of the molecule is COC(=O)CCc1cc(OS(=O)(=O)C(F)(F)F)cc(OCC(F)(F)F)c1C1CC1. The molecule has 0 saturated heterocycles. The first-order valence-corrected chi connectivity index (χ1v) is 9.58. The fourth-order valence-corrected chi connectivity index (χ4v) is 2.98. The molecule has 13 heteroatoms. The van der Waals surface area contributed by atoms with E-state index < -0.39 is 45.9 Å². The first-order valence-electron chi connectivity index (χ1n) is 8.17. The second-order valence-electron chi connectivity index (χ2n) is 6.23. The zero-order valence-corrected chi connectivity index (χ0v) is 15.7. The van der Waals surface area contributed by atoms with E-state index in [1.807, 2.05) is 0 Å². The van der Waals surface area contributed by atoms with E-state index in [1.54, 1.807) is 0 Å². The Labute approximate surface area is 161 Å². The number of hydrogen-bond acceptors (Lipinski definition) is 6. The Morgan fingerprint density at radius 1 is 1.14 bits per heavy atom. The summed E-state index contributed by atoms with van der Waals surface area (Å²) in [6.07, 6.45) is -3.90. The van der Waals surface area contributed by atoms with E-state index in [2.05, 4.69) is 8.92 Å². The lowest BCUT2D eigenvalue weighted by Crippen LogP contribution is -2.28. The molecule has 0 aliphatic heterocycles. The van der Waals surface area contributed by atoms with E-state index in [1.165, 1.54) is 0 Å². The van der Waals surface area contributed by atoms with Crippen LogP contribution in [0.2, 0.25) is 0 Å². The fourth-order valence-electron chi connectivity index (χ4n) is 2.54. The summed E-state index contributed by atoms with van der Waals surface area (Å²) in [5.74, 6) is -2.21. The van der Waals surface area contributed by atoms with E-state index in [-0.39, 0.29) is 29.9 Å². The van der Waals surface area contributed by atoms with Crippen molar-refractivity contribution in [3.8, 4) is 11.5 Å². The van der Waals surface area contributed by atoms with Crippen molar-refractivity contribution in [3.05, 3.63) is 23.3 Å². The van der Waals surface area contributed by atoms with Crippen LogP contribution in [-0.4, -0.2) is 39.8 Å². The molecule has 1 aromatic carbocycles. The third kappa shape index (κ3) is 6.41. The summed E-state index contributed by atoms with van der Waals surface area (Å²) in [6.45, 7) is -1.74. The number of aryl methyl sites for hydroxylation is 1. The summed E-state index contributed by atoms with van der Waals surface area (Å²) in [5, 5.41) is 0. The van der Waals surface area contributed by atoms with Crippen molar-refractivity contribution in [1.29, 1.82) is 0 Å². The normalized spacial score (nSPS) is 15.1. The summed E-state index contributed by atoms with van der Waals surface area (Å²) in [4.78, 5) is 11.4. The monoisotopic (exact) mass is 450 g/mol. The van der Waals surface area contributed by atoms with Crippen LogP contribution >= 0.6 is 0 Å². The lowest BCUT2D eigenvalue weighted by molar-refractivity contribution is -0.153. The zero-order valence-electron chi connectivity index (χ0n) is 14.9. The number of alkyl halides is 6. The minimum absolute atomic E-state index is 0.121. The molecule has 0 spiro atoms. The van der Waals surface area contributed by atoms with Crippen molar-refractivity contribution in [2.75, 3.05) is 13.7 Å². The van der Waals surface area contributed by atoms with Crippen molar-refractivity contribution in [1.82, 2.24) is 0 Å². The molecule has 0 unspecified atom stereocenters. The summed E-state index contributed by atoms with van der Waals surface area (Å²) >= 11 is 0. The summed E-state index contributed by atoms with van der Waals surface area (Å²) in [5.41, 5.74) is -5.32. The van der Waals surface area contributed by atoms with Crippen LogP contribution in [0.4, 0.5) is 26.3 Å². The van der Waals surface area contributed by atoms with Gasteiger partial charge < -0.3 is 13.7 Å². The van der Waals surface area contributed by atoms with Gasteiger partial charge in [-0.2, -0.15) is 34.8 Å². The number of carbonyl (C=O) groups excluding carboxylic acids is 1. The van der Waals surface area contributed by atoms with E-state index >= 15 is 0 Å². The zero-order chi connectivity index (χ0) is 22.0. The molecule has 0 N–H and O–H groups in total. The van der Waals surface area contributed by atoms with Gasteiger partial charge in [0.25, 0.3) is 0 Å². The van der Waals surface area contributed by atoms with Gasteiger partial charge in [-0.25, -0.2) is 0 Å². The first kappa shape index (κ1) is 23.1. The third-order valence-electron chi connectivity index (χ3n) is 3.89. The van der Waals surface area contributed by atoms with Gasteiger partial charge in [-0.05, 0) is 36.8 Å². The van der Waals surface area contributed by atoms with E-state index in [0.717, 1.165) is 13.2 Å². The highest BCUT2D eigenvalue weighted by atomic mass is 32.2. The quantitative estimate of drug-likeness (QED) is 0.259. The van der Waals surface area contributed by atoms with Crippen LogP contribution < -0.4 is 8.92 Å². The molecule has 0 radical (unpaired) electrons. The lowest BCUT2D eigenvalue weighted by atomic mass is 9.97. The molecule has 6 nitrogen and oxygen atoms in total. The molecule has 1 aliphatic rings. The minimum Gasteiger partial charge on any atom is -0.484 e. The molecule has 0 atom stereocenters. The molecular formula is C16H16F6O6S. The van der Waals surface area contributed by atoms with E-state index in [9.17, 15) is 39.6 Å². The number of benzene rings is 1. The topological polar surface area (TPSA) is 78.9 Å². The van der Waals surface area contributed by atoms with Gasteiger partial charge in [-0.15, -0.1) is 0 Å². The predicted molar refractivity (Wildman–Crippen MR) is 85.9 cm³/mol. The largest absolute Gasteiger partial charge is 0.534 e. The Morgan fingerprint density at radius 2 is 1.76 bits per heavy atom. The van der Waals surface area contributed by atoms with Crippen molar-refractivity contribution in [3.63, 3.8) is 0 Å². The summed E-state index contributed by atoms with van der Waals surface area (Å²) < 4.78 is 111. The van der Waals surface area contributed by atoms with Gasteiger partial charge in [0.15, 0.2) is 6.61 Å². The molecule has 0 amide bonds. The van der Waals surface area contributed by atoms with Gasteiger partial charge in [-0.1, -0.05) is 0 Å². The highest BCUT2D eigenvalue weighted by molar-refractivity contribution is 7.88. The molecule has 1 aliphatic carbocycles. The van der Waals surface area contributed by atoms with Crippen LogP contribution in [0.25, 0.3) is 0 Å². The lowest BCUT2D eigenvalue weighted by Gasteiger charge is -2.19. The van der Waals surface area contributed by atoms with Crippen LogP contribution in [0.15, 0.2) is 12.1 Å². The van der Waals surface area contributed by atoms with Gasteiger partial charge in [0.1, 0.15) is 11.5 Å². The first-order chi connectivity index (χ1) is 13.2. The Kier molecular flexibility index (Phi) is 6.60. The van der Waals surface area contributed by atoms with Gasteiger partial charge in [0.2, 0.25) is 0 Å². The number of halogens is 6. The Bertz CT molecular complexity index is 858. The average molecular weight is 450 g/mol. The maximum absolute atomic E-state index is 12.6. The van der Waals surface area contributed by atoms with Crippen LogP contribution in [0.5, 0.6) is 11.5 Å². The standard InChI is InChI=1S/C16H16F6O6S/c1-26-13(23)5-4-10-6-11(28-29(24,25)16(20,21)22)7-12(14(10)9-2-3-9)27-8-15(17,18)19/h6-7,9H,2-5,8H2,1H3.